The predicted molar refractivity (Wildman–Crippen MR) is 74.9 cm³/mol. The van der Waals surface area contributed by atoms with Crippen LogP contribution in [-0.4, -0.2) is 35.0 Å². The van der Waals surface area contributed by atoms with E-state index in [2.05, 4.69) is 27.1 Å². The van der Waals surface area contributed by atoms with Crippen LogP contribution in [0.3, 0.4) is 0 Å². The van der Waals surface area contributed by atoms with Gasteiger partial charge in [-0.3, -0.25) is 9.78 Å². The largest absolute Gasteiger partial charge is 0.355 e. The average molecular weight is 262 g/mol. The highest BCUT2D eigenvalue weighted by molar-refractivity contribution is 5.79. The highest BCUT2D eigenvalue weighted by atomic mass is 16.2. The number of nitrogens with zero attached hydrogens (tertiary/aromatic N) is 3. The van der Waals surface area contributed by atoms with Crippen molar-refractivity contribution in [3.63, 3.8) is 0 Å². The van der Waals surface area contributed by atoms with Crippen LogP contribution in [0.25, 0.3) is 0 Å². The molecule has 5 nitrogen and oxygen atoms in total. The summed E-state index contributed by atoms with van der Waals surface area (Å²) < 4.78 is 0. The van der Waals surface area contributed by atoms with Crippen molar-refractivity contribution in [3.05, 3.63) is 18.6 Å². The molecule has 1 amide bonds. The molecule has 0 radical (unpaired) electrons. The number of aromatic nitrogens is 2. The first-order valence-corrected chi connectivity index (χ1v) is 7.02. The third-order valence-electron chi connectivity index (χ3n) is 3.67. The van der Waals surface area contributed by atoms with Crippen molar-refractivity contribution in [2.45, 2.75) is 39.2 Å². The Balaban J connectivity index is 1.95. The van der Waals surface area contributed by atoms with Gasteiger partial charge in [-0.1, -0.05) is 6.92 Å². The van der Waals surface area contributed by atoms with Gasteiger partial charge < -0.3 is 10.2 Å². The minimum Gasteiger partial charge on any atom is -0.355 e. The number of amides is 1. The van der Waals surface area contributed by atoms with Crippen molar-refractivity contribution in [2.75, 3.05) is 18.0 Å². The van der Waals surface area contributed by atoms with Gasteiger partial charge in [0.25, 0.3) is 0 Å². The second-order valence-corrected chi connectivity index (χ2v) is 5.17. The Morgan fingerprint density at radius 3 is 3.11 bits per heavy atom. The Labute approximate surface area is 114 Å². The van der Waals surface area contributed by atoms with E-state index in [0.717, 1.165) is 38.2 Å². The van der Waals surface area contributed by atoms with Crippen molar-refractivity contribution in [1.82, 2.24) is 15.3 Å². The Hall–Kier alpha value is -1.65. The van der Waals surface area contributed by atoms with Crippen LogP contribution < -0.4 is 10.2 Å². The fraction of sp³-hybridized carbons (Fsp3) is 0.643. The van der Waals surface area contributed by atoms with Crippen LogP contribution in [0.4, 0.5) is 5.82 Å². The van der Waals surface area contributed by atoms with Gasteiger partial charge >= 0.3 is 0 Å². The number of anilines is 1. The third-order valence-corrected chi connectivity index (χ3v) is 3.67. The molecule has 1 saturated heterocycles. The molecule has 1 aromatic rings. The number of nitrogens with one attached hydrogen (secondary N) is 1. The molecule has 0 spiro atoms. The summed E-state index contributed by atoms with van der Waals surface area (Å²) in [5.74, 6) is 1.09. The van der Waals surface area contributed by atoms with Gasteiger partial charge in [0.2, 0.25) is 5.91 Å². The van der Waals surface area contributed by atoms with Crippen LogP contribution in [-0.2, 0) is 4.79 Å². The van der Waals surface area contributed by atoms with E-state index in [1.165, 1.54) is 0 Å². The third kappa shape index (κ3) is 3.66. The molecule has 5 heteroatoms. The molecule has 0 unspecified atom stereocenters. The second kappa shape index (κ2) is 6.50. The topological polar surface area (TPSA) is 58.1 Å². The number of carbonyl (C=O) groups is 1. The van der Waals surface area contributed by atoms with Gasteiger partial charge in [0.05, 0.1) is 12.1 Å². The van der Waals surface area contributed by atoms with Crippen molar-refractivity contribution < 1.29 is 4.79 Å². The summed E-state index contributed by atoms with van der Waals surface area (Å²) in [6, 6.07) is 0.249. The van der Waals surface area contributed by atoms with E-state index in [1.54, 1.807) is 18.6 Å². The molecule has 0 bridgehead atoms. The zero-order valence-electron chi connectivity index (χ0n) is 11.7. The number of carbonyl (C=O) groups excluding carboxylic acids is 1. The lowest BCUT2D eigenvalue weighted by Gasteiger charge is -2.33. The molecule has 1 aromatic heterocycles. The maximum Gasteiger partial charge on any atom is 0.225 e. The molecule has 0 aliphatic carbocycles. The molecule has 19 heavy (non-hydrogen) atoms. The quantitative estimate of drug-likeness (QED) is 0.895. The van der Waals surface area contributed by atoms with Crippen LogP contribution in [0.2, 0.25) is 0 Å². The number of hydrogen-bond acceptors (Lipinski definition) is 4. The first kappa shape index (κ1) is 13.8. The van der Waals surface area contributed by atoms with Gasteiger partial charge in [0, 0.05) is 31.5 Å². The van der Waals surface area contributed by atoms with Gasteiger partial charge in [-0.15, -0.1) is 0 Å². The van der Waals surface area contributed by atoms with Gasteiger partial charge in [0.1, 0.15) is 5.82 Å². The van der Waals surface area contributed by atoms with Gasteiger partial charge in [-0.05, 0) is 26.2 Å². The highest BCUT2D eigenvalue weighted by Gasteiger charge is 2.26. The van der Waals surface area contributed by atoms with Crippen LogP contribution in [0.5, 0.6) is 0 Å². The lowest BCUT2D eigenvalue weighted by molar-refractivity contribution is -0.125. The van der Waals surface area contributed by atoms with E-state index in [0.29, 0.717) is 0 Å². The van der Waals surface area contributed by atoms with Gasteiger partial charge in [-0.2, -0.15) is 0 Å². The number of rotatable bonds is 4. The average Bonchev–Trinajstić information content (AvgIpc) is 2.48. The van der Waals surface area contributed by atoms with E-state index in [1.807, 2.05) is 6.92 Å². The van der Waals surface area contributed by atoms with Crippen molar-refractivity contribution >= 4 is 11.7 Å². The molecule has 2 heterocycles. The summed E-state index contributed by atoms with van der Waals surface area (Å²) >= 11 is 0. The molecule has 2 rings (SSSR count). The Kier molecular flexibility index (Phi) is 4.71. The second-order valence-electron chi connectivity index (χ2n) is 5.17. The molecule has 1 N–H and O–H groups in total. The summed E-state index contributed by atoms with van der Waals surface area (Å²) in [4.78, 5) is 22.7. The lowest BCUT2D eigenvalue weighted by atomic mass is 9.96. The maximum atomic E-state index is 12.2. The van der Waals surface area contributed by atoms with E-state index in [4.69, 9.17) is 0 Å². The minimum atomic E-state index is 0.0600. The number of piperidine rings is 1. The molecule has 104 valence electrons. The SMILES string of the molecule is CC[C@@H](C)NC(=O)[C@H]1CCCN(c2cnccn2)C1. The Bertz CT molecular complexity index is 409. The Morgan fingerprint density at radius 2 is 2.42 bits per heavy atom. The standard InChI is InChI=1S/C14H22N4O/c1-3-11(2)17-14(19)12-5-4-8-18(10-12)13-9-15-6-7-16-13/h6-7,9,11-12H,3-5,8,10H2,1-2H3,(H,17,19)/t11-,12+/m1/s1. The van der Waals surface area contributed by atoms with Crippen LogP contribution in [0.15, 0.2) is 18.6 Å². The monoisotopic (exact) mass is 262 g/mol. The zero-order valence-corrected chi connectivity index (χ0v) is 11.7. The summed E-state index contributed by atoms with van der Waals surface area (Å²) in [6.07, 6.45) is 8.06. The summed E-state index contributed by atoms with van der Waals surface area (Å²) in [6.45, 7) is 5.81. The fourth-order valence-electron chi connectivity index (χ4n) is 2.32. The molecule has 1 aliphatic rings. The van der Waals surface area contributed by atoms with Crippen molar-refractivity contribution in [3.8, 4) is 0 Å². The molecule has 0 aromatic carbocycles. The molecule has 0 saturated carbocycles. The number of hydrogen-bond donors (Lipinski definition) is 1. The Morgan fingerprint density at radius 1 is 1.58 bits per heavy atom. The summed E-state index contributed by atoms with van der Waals surface area (Å²) in [7, 11) is 0. The fourth-order valence-corrected chi connectivity index (χ4v) is 2.32. The maximum absolute atomic E-state index is 12.2. The molecule has 1 aliphatic heterocycles. The molecule has 2 atom stereocenters. The van der Waals surface area contributed by atoms with Crippen molar-refractivity contribution in [2.24, 2.45) is 5.92 Å². The van der Waals surface area contributed by atoms with Crippen LogP contribution in [0.1, 0.15) is 33.1 Å². The summed E-state index contributed by atoms with van der Waals surface area (Å²) in [5.41, 5.74) is 0. The van der Waals surface area contributed by atoms with Gasteiger partial charge in [0.15, 0.2) is 0 Å². The van der Waals surface area contributed by atoms with E-state index in [-0.39, 0.29) is 17.9 Å². The van der Waals surface area contributed by atoms with Gasteiger partial charge in [-0.25, -0.2) is 4.98 Å². The molecule has 1 fully saturated rings. The normalized spacial score (nSPS) is 20.9. The lowest BCUT2D eigenvalue weighted by Crippen LogP contribution is -2.45. The van der Waals surface area contributed by atoms with E-state index < -0.39 is 0 Å². The predicted octanol–water partition coefficient (Wildman–Crippen LogP) is 1.61. The van der Waals surface area contributed by atoms with Crippen molar-refractivity contribution in [1.29, 1.82) is 0 Å². The zero-order chi connectivity index (χ0) is 13.7. The van der Waals surface area contributed by atoms with E-state index >= 15 is 0 Å². The van der Waals surface area contributed by atoms with Crippen LogP contribution >= 0.6 is 0 Å². The first-order valence-electron chi connectivity index (χ1n) is 7.02. The first-order chi connectivity index (χ1) is 9.20. The highest BCUT2D eigenvalue weighted by Crippen LogP contribution is 2.21. The van der Waals surface area contributed by atoms with E-state index in [9.17, 15) is 4.79 Å². The minimum absolute atomic E-state index is 0.0600. The summed E-state index contributed by atoms with van der Waals surface area (Å²) in [5, 5.41) is 3.07. The molecular formula is C14H22N4O. The van der Waals surface area contributed by atoms with Crippen LogP contribution in [0, 0.1) is 5.92 Å². The smallest absolute Gasteiger partial charge is 0.225 e. The molecular weight excluding hydrogens is 240 g/mol.